The van der Waals surface area contributed by atoms with Crippen molar-refractivity contribution < 1.29 is 19.5 Å². The summed E-state index contributed by atoms with van der Waals surface area (Å²) in [6.07, 6.45) is 0. The third-order valence-electron chi connectivity index (χ3n) is 5.33. The molecular weight excluding hydrogens is 401 g/mol. The van der Waals surface area contributed by atoms with Crippen molar-refractivity contribution in [2.24, 2.45) is 0 Å². The molecule has 6 heteroatoms. The molecule has 0 heterocycles. The van der Waals surface area contributed by atoms with Crippen LogP contribution >= 0.6 is 0 Å². The second-order valence-corrected chi connectivity index (χ2v) is 7.27. The molecule has 0 amide bonds. The molecule has 0 aromatic heterocycles. The van der Waals surface area contributed by atoms with E-state index in [1.54, 1.807) is 26.4 Å². The van der Waals surface area contributed by atoms with Gasteiger partial charge in [-0.25, -0.2) is 0 Å². The Bertz CT molecular complexity index is 1100. The van der Waals surface area contributed by atoms with Gasteiger partial charge in [0, 0.05) is 17.1 Å². The monoisotopic (exact) mass is 425 g/mol. The molecule has 0 aliphatic rings. The molecule has 0 saturated heterocycles. The normalized spacial score (nSPS) is 10.5. The molecule has 0 aliphatic heterocycles. The van der Waals surface area contributed by atoms with Gasteiger partial charge in [-0.15, -0.1) is 0 Å². The number of hydrogen-bond donors (Lipinski definition) is 2. The van der Waals surface area contributed by atoms with E-state index in [1.165, 1.54) is 0 Å². The van der Waals surface area contributed by atoms with E-state index in [-0.39, 0.29) is 0 Å². The lowest BCUT2D eigenvalue weighted by atomic mass is 9.80. The topological polar surface area (TPSA) is 62.2 Å². The molecule has 32 heavy (non-hydrogen) atoms. The first kappa shape index (κ1) is 21.5. The van der Waals surface area contributed by atoms with E-state index in [9.17, 15) is 10.0 Å². The smallest absolute Gasteiger partial charge is 0.488 e. The predicted molar refractivity (Wildman–Crippen MR) is 129 cm³/mol. The van der Waals surface area contributed by atoms with E-state index in [1.807, 2.05) is 60.7 Å². The third kappa shape index (κ3) is 4.62. The van der Waals surface area contributed by atoms with E-state index >= 15 is 0 Å². The Morgan fingerprint density at radius 3 is 1.22 bits per heavy atom. The third-order valence-corrected chi connectivity index (χ3v) is 5.33. The van der Waals surface area contributed by atoms with Gasteiger partial charge in [-0.3, -0.25) is 0 Å². The minimum atomic E-state index is -1.46. The van der Waals surface area contributed by atoms with Gasteiger partial charge in [0.05, 0.1) is 14.2 Å². The molecule has 0 atom stereocenters. The lowest BCUT2D eigenvalue weighted by Gasteiger charge is -2.26. The van der Waals surface area contributed by atoms with E-state index in [0.29, 0.717) is 5.46 Å². The fourth-order valence-electron chi connectivity index (χ4n) is 3.56. The molecular formula is C26H24BNO4. The number of ether oxygens (including phenoxy) is 2. The average molecular weight is 425 g/mol. The number of benzene rings is 4. The van der Waals surface area contributed by atoms with Crippen LogP contribution in [0.15, 0.2) is 97.1 Å². The highest BCUT2D eigenvalue weighted by Crippen LogP contribution is 2.36. The molecule has 5 nitrogen and oxygen atoms in total. The van der Waals surface area contributed by atoms with E-state index in [4.69, 9.17) is 9.47 Å². The second-order valence-electron chi connectivity index (χ2n) is 7.27. The predicted octanol–water partition coefficient (Wildman–Crippen LogP) is 4.52. The first-order valence-electron chi connectivity index (χ1n) is 10.2. The Morgan fingerprint density at radius 2 is 0.875 bits per heavy atom. The van der Waals surface area contributed by atoms with Gasteiger partial charge in [-0.2, -0.15) is 0 Å². The number of rotatable bonds is 7. The van der Waals surface area contributed by atoms with Crippen LogP contribution in [0.4, 0.5) is 17.1 Å². The zero-order valence-electron chi connectivity index (χ0n) is 18.0. The van der Waals surface area contributed by atoms with Crippen molar-refractivity contribution in [2.45, 2.75) is 0 Å². The maximum atomic E-state index is 9.30. The molecule has 0 radical (unpaired) electrons. The number of nitrogens with zero attached hydrogens (tertiary/aromatic N) is 1. The molecule has 0 fully saturated rings. The van der Waals surface area contributed by atoms with Gasteiger partial charge in [0.25, 0.3) is 0 Å². The summed E-state index contributed by atoms with van der Waals surface area (Å²) in [5, 5.41) is 18.6. The summed E-state index contributed by atoms with van der Waals surface area (Å²) in [5.41, 5.74) is 5.52. The lowest BCUT2D eigenvalue weighted by molar-refractivity contribution is 0.415. The molecule has 0 spiro atoms. The van der Waals surface area contributed by atoms with Crippen LogP contribution in [-0.2, 0) is 0 Å². The SMILES string of the molecule is COc1ccc(N(c2ccc(OC)cc2)c2ccc(-c3ccc(B(O)O)cc3)cc2)cc1. The van der Waals surface area contributed by atoms with Crippen LogP contribution in [0.5, 0.6) is 11.5 Å². The quantitative estimate of drug-likeness (QED) is 0.427. The van der Waals surface area contributed by atoms with Gasteiger partial charge < -0.3 is 24.4 Å². The number of hydrogen-bond acceptors (Lipinski definition) is 5. The molecule has 0 bridgehead atoms. The highest BCUT2D eigenvalue weighted by molar-refractivity contribution is 6.58. The summed E-state index contributed by atoms with van der Waals surface area (Å²) in [4.78, 5) is 2.16. The Hall–Kier alpha value is -3.74. The van der Waals surface area contributed by atoms with Crippen molar-refractivity contribution in [2.75, 3.05) is 19.1 Å². The summed E-state index contributed by atoms with van der Waals surface area (Å²) < 4.78 is 10.6. The van der Waals surface area contributed by atoms with Crippen molar-refractivity contribution >= 4 is 29.6 Å². The van der Waals surface area contributed by atoms with E-state index in [0.717, 1.165) is 39.7 Å². The van der Waals surface area contributed by atoms with Crippen LogP contribution < -0.4 is 19.8 Å². The van der Waals surface area contributed by atoms with Gasteiger partial charge in [0.2, 0.25) is 0 Å². The highest BCUT2D eigenvalue weighted by atomic mass is 16.5. The standard InChI is InChI=1S/C26H24BNO4/c1-31-25-15-11-23(12-16-25)28(24-13-17-26(32-2)18-14-24)22-9-5-20(6-10-22)19-3-7-21(8-4-19)27(29)30/h3-18,29-30H,1-2H3. The Morgan fingerprint density at radius 1 is 0.531 bits per heavy atom. The molecule has 0 unspecified atom stereocenters. The number of anilines is 3. The van der Waals surface area contributed by atoms with Crippen LogP contribution in [0.25, 0.3) is 11.1 Å². The first-order valence-corrected chi connectivity index (χ1v) is 10.2. The number of methoxy groups -OCH3 is 2. The van der Waals surface area contributed by atoms with E-state index in [2.05, 4.69) is 29.2 Å². The average Bonchev–Trinajstić information content (AvgIpc) is 2.85. The molecule has 0 saturated carbocycles. The van der Waals surface area contributed by atoms with Crippen LogP contribution in [-0.4, -0.2) is 31.4 Å². The molecule has 160 valence electrons. The van der Waals surface area contributed by atoms with Crippen molar-refractivity contribution in [1.29, 1.82) is 0 Å². The van der Waals surface area contributed by atoms with E-state index < -0.39 is 7.12 Å². The zero-order valence-corrected chi connectivity index (χ0v) is 18.0. The van der Waals surface area contributed by atoms with Gasteiger partial charge >= 0.3 is 7.12 Å². The summed E-state index contributed by atoms with van der Waals surface area (Å²) in [5.74, 6) is 1.60. The Kier molecular flexibility index (Phi) is 6.45. The van der Waals surface area contributed by atoms with Crippen LogP contribution in [0, 0.1) is 0 Å². The second kappa shape index (κ2) is 9.60. The van der Waals surface area contributed by atoms with Crippen LogP contribution in [0.2, 0.25) is 0 Å². The van der Waals surface area contributed by atoms with Crippen molar-refractivity contribution in [1.82, 2.24) is 0 Å². The molecule has 4 aromatic rings. The Balaban J connectivity index is 1.69. The highest BCUT2D eigenvalue weighted by Gasteiger charge is 2.14. The summed E-state index contributed by atoms with van der Waals surface area (Å²) in [6.45, 7) is 0. The van der Waals surface area contributed by atoms with Gasteiger partial charge in [0.1, 0.15) is 11.5 Å². The van der Waals surface area contributed by atoms with Gasteiger partial charge in [-0.1, -0.05) is 36.4 Å². The van der Waals surface area contributed by atoms with Crippen LogP contribution in [0.1, 0.15) is 0 Å². The fraction of sp³-hybridized carbons (Fsp3) is 0.0769. The minimum absolute atomic E-state index is 0.468. The van der Waals surface area contributed by atoms with Crippen molar-refractivity contribution in [3.63, 3.8) is 0 Å². The summed E-state index contributed by atoms with van der Waals surface area (Å²) in [6, 6.07) is 31.3. The molecule has 4 aromatic carbocycles. The first-order chi connectivity index (χ1) is 15.6. The zero-order chi connectivity index (χ0) is 22.5. The Labute approximate surface area is 188 Å². The maximum absolute atomic E-state index is 9.30. The summed E-state index contributed by atoms with van der Waals surface area (Å²) in [7, 11) is 1.85. The van der Waals surface area contributed by atoms with Crippen molar-refractivity contribution in [3.05, 3.63) is 97.1 Å². The van der Waals surface area contributed by atoms with Crippen molar-refractivity contribution in [3.8, 4) is 22.6 Å². The fourth-order valence-corrected chi connectivity index (χ4v) is 3.56. The largest absolute Gasteiger partial charge is 0.497 e. The molecule has 2 N–H and O–H groups in total. The minimum Gasteiger partial charge on any atom is -0.497 e. The molecule has 0 aliphatic carbocycles. The van der Waals surface area contributed by atoms with Gasteiger partial charge in [0.15, 0.2) is 0 Å². The summed E-state index contributed by atoms with van der Waals surface area (Å²) >= 11 is 0. The maximum Gasteiger partial charge on any atom is 0.488 e. The molecule has 4 rings (SSSR count). The van der Waals surface area contributed by atoms with Gasteiger partial charge in [-0.05, 0) is 77.3 Å². The lowest BCUT2D eigenvalue weighted by Crippen LogP contribution is -2.29. The van der Waals surface area contributed by atoms with Crippen LogP contribution in [0.3, 0.4) is 0 Å².